The van der Waals surface area contributed by atoms with Gasteiger partial charge in [0.15, 0.2) is 0 Å². The lowest BCUT2D eigenvalue weighted by Crippen LogP contribution is -2.38. The smallest absolute Gasteiger partial charge is 0.238 e. The standard InChI is InChI=1S/C20H24ClN3O2S/c1-4-24(12-19(25)22-16-7-5-6-8-18(16)27-3)13-20(26)23-17-11-15(21)10-9-14(17)2/h5-11H,4,12-13H2,1-3H3,(H,22,25)(H,23,26). The van der Waals surface area contributed by atoms with Crippen molar-refractivity contribution in [2.75, 3.05) is 36.5 Å². The minimum atomic E-state index is -0.181. The van der Waals surface area contributed by atoms with E-state index in [4.69, 9.17) is 11.6 Å². The van der Waals surface area contributed by atoms with E-state index in [-0.39, 0.29) is 24.9 Å². The zero-order chi connectivity index (χ0) is 19.8. The third-order valence-electron chi connectivity index (χ3n) is 4.04. The lowest BCUT2D eigenvalue weighted by molar-refractivity contribution is -0.119. The van der Waals surface area contributed by atoms with Gasteiger partial charge >= 0.3 is 0 Å². The van der Waals surface area contributed by atoms with E-state index in [2.05, 4.69) is 10.6 Å². The number of rotatable bonds is 8. The second kappa shape index (κ2) is 10.3. The monoisotopic (exact) mass is 405 g/mol. The third-order valence-corrected chi connectivity index (χ3v) is 5.07. The SMILES string of the molecule is CCN(CC(=O)Nc1cc(Cl)ccc1C)CC(=O)Nc1ccccc1SC. The Labute approximate surface area is 169 Å². The molecule has 144 valence electrons. The molecule has 27 heavy (non-hydrogen) atoms. The molecule has 0 radical (unpaired) electrons. The molecule has 2 aromatic carbocycles. The average Bonchev–Trinajstić information content (AvgIpc) is 2.64. The van der Waals surface area contributed by atoms with Gasteiger partial charge in [0.25, 0.3) is 0 Å². The molecule has 5 nitrogen and oxygen atoms in total. The summed E-state index contributed by atoms with van der Waals surface area (Å²) in [4.78, 5) is 27.5. The van der Waals surface area contributed by atoms with Gasteiger partial charge in [-0.3, -0.25) is 14.5 Å². The predicted octanol–water partition coefficient (Wildman–Crippen LogP) is 4.27. The number of thioether (sulfide) groups is 1. The lowest BCUT2D eigenvalue weighted by Gasteiger charge is -2.20. The van der Waals surface area contributed by atoms with Crippen LogP contribution >= 0.6 is 23.4 Å². The predicted molar refractivity (Wildman–Crippen MR) is 114 cm³/mol. The van der Waals surface area contributed by atoms with E-state index >= 15 is 0 Å². The Bertz CT molecular complexity index is 814. The number of likely N-dealkylation sites (N-methyl/N-ethyl adjacent to an activating group) is 1. The first-order valence-corrected chi connectivity index (χ1v) is 10.2. The van der Waals surface area contributed by atoms with Crippen LogP contribution in [0.25, 0.3) is 0 Å². The van der Waals surface area contributed by atoms with E-state index in [0.717, 1.165) is 16.1 Å². The number of anilines is 2. The molecule has 0 aliphatic rings. The number of hydrogen-bond donors (Lipinski definition) is 2. The Kier molecular flexibility index (Phi) is 8.16. The normalized spacial score (nSPS) is 10.7. The van der Waals surface area contributed by atoms with Crippen LogP contribution in [0.5, 0.6) is 0 Å². The summed E-state index contributed by atoms with van der Waals surface area (Å²) in [6, 6.07) is 13.0. The van der Waals surface area contributed by atoms with E-state index in [1.54, 1.807) is 28.8 Å². The minimum absolute atomic E-state index is 0.125. The topological polar surface area (TPSA) is 61.4 Å². The zero-order valence-electron chi connectivity index (χ0n) is 15.7. The van der Waals surface area contributed by atoms with Gasteiger partial charge < -0.3 is 10.6 Å². The summed E-state index contributed by atoms with van der Waals surface area (Å²) < 4.78 is 0. The molecule has 2 rings (SSSR count). The minimum Gasteiger partial charge on any atom is -0.325 e. The number of nitrogens with zero attached hydrogens (tertiary/aromatic N) is 1. The van der Waals surface area contributed by atoms with Crippen molar-refractivity contribution in [2.24, 2.45) is 0 Å². The molecule has 0 spiro atoms. The Hall–Kier alpha value is -2.02. The molecule has 0 bridgehead atoms. The van der Waals surface area contributed by atoms with Crippen molar-refractivity contribution in [1.29, 1.82) is 0 Å². The van der Waals surface area contributed by atoms with Gasteiger partial charge in [-0.15, -0.1) is 11.8 Å². The maximum absolute atomic E-state index is 12.4. The van der Waals surface area contributed by atoms with Crippen LogP contribution in [-0.2, 0) is 9.59 Å². The first kappa shape index (κ1) is 21.3. The Morgan fingerprint density at radius 3 is 2.30 bits per heavy atom. The van der Waals surface area contributed by atoms with Crippen molar-refractivity contribution in [2.45, 2.75) is 18.7 Å². The third kappa shape index (κ3) is 6.57. The summed E-state index contributed by atoms with van der Waals surface area (Å²) in [5, 5.41) is 6.34. The number of carbonyl (C=O) groups excluding carboxylic acids is 2. The first-order valence-electron chi connectivity index (χ1n) is 8.64. The van der Waals surface area contributed by atoms with Crippen LogP contribution in [0.15, 0.2) is 47.4 Å². The number of aryl methyl sites for hydroxylation is 1. The number of nitrogens with one attached hydrogen (secondary N) is 2. The van der Waals surface area contributed by atoms with Crippen molar-refractivity contribution in [3.05, 3.63) is 53.1 Å². The van der Waals surface area contributed by atoms with Gasteiger partial charge in [-0.1, -0.05) is 36.7 Å². The zero-order valence-corrected chi connectivity index (χ0v) is 17.3. The summed E-state index contributed by atoms with van der Waals surface area (Å²) in [5.41, 5.74) is 2.40. The number of carbonyl (C=O) groups is 2. The molecule has 0 unspecified atom stereocenters. The van der Waals surface area contributed by atoms with Crippen LogP contribution in [0.2, 0.25) is 5.02 Å². The van der Waals surface area contributed by atoms with Crippen LogP contribution in [0, 0.1) is 6.92 Å². The van der Waals surface area contributed by atoms with Crippen molar-refractivity contribution < 1.29 is 9.59 Å². The van der Waals surface area contributed by atoms with Crippen molar-refractivity contribution in [1.82, 2.24) is 4.90 Å². The molecule has 2 aromatic rings. The molecule has 0 atom stereocenters. The Balaban J connectivity index is 1.93. The Morgan fingerprint density at radius 1 is 1.04 bits per heavy atom. The molecule has 0 aliphatic carbocycles. The summed E-state index contributed by atoms with van der Waals surface area (Å²) in [6.07, 6.45) is 1.96. The maximum atomic E-state index is 12.4. The second-order valence-corrected chi connectivity index (χ2v) is 7.34. The van der Waals surface area contributed by atoms with Crippen LogP contribution in [0.4, 0.5) is 11.4 Å². The largest absolute Gasteiger partial charge is 0.325 e. The van der Waals surface area contributed by atoms with Crippen molar-refractivity contribution in [3.63, 3.8) is 0 Å². The van der Waals surface area contributed by atoms with Crippen LogP contribution < -0.4 is 10.6 Å². The van der Waals surface area contributed by atoms with E-state index in [1.165, 1.54) is 0 Å². The summed E-state index contributed by atoms with van der Waals surface area (Å²) >= 11 is 7.56. The molecular formula is C20H24ClN3O2S. The summed E-state index contributed by atoms with van der Waals surface area (Å²) in [7, 11) is 0. The van der Waals surface area contributed by atoms with Crippen molar-refractivity contribution in [3.8, 4) is 0 Å². The molecule has 7 heteroatoms. The average molecular weight is 406 g/mol. The van der Waals surface area contributed by atoms with Crippen molar-refractivity contribution >= 4 is 46.6 Å². The van der Waals surface area contributed by atoms with Gasteiger partial charge in [0.1, 0.15) is 0 Å². The van der Waals surface area contributed by atoms with Crippen LogP contribution in [0.1, 0.15) is 12.5 Å². The number of benzene rings is 2. The molecule has 2 amide bonds. The van der Waals surface area contributed by atoms with Gasteiger partial charge in [0, 0.05) is 15.6 Å². The fourth-order valence-corrected chi connectivity index (χ4v) is 3.27. The van der Waals surface area contributed by atoms with Gasteiger partial charge in [-0.05, 0) is 49.6 Å². The Morgan fingerprint density at radius 2 is 1.67 bits per heavy atom. The highest BCUT2D eigenvalue weighted by Crippen LogP contribution is 2.24. The number of para-hydroxylation sites is 1. The van der Waals surface area contributed by atoms with Gasteiger partial charge in [-0.2, -0.15) is 0 Å². The fraction of sp³-hybridized carbons (Fsp3) is 0.300. The number of halogens is 1. The van der Waals surface area contributed by atoms with Crippen LogP contribution in [-0.4, -0.2) is 42.6 Å². The second-order valence-electron chi connectivity index (χ2n) is 6.06. The fourth-order valence-electron chi connectivity index (χ4n) is 2.54. The molecule has 0 saturated heterocycles. The van der Waals surface area contributed by atoms with Gasteiger partial charge in [0.2, 0.25) is 11.8 Å². The highest BCUT2D eigenvalue weighted by Gasteiger charge is 2.15. The van der Waals surface area contributed by atoms with E-state index < -0.39 is 0 Å². The van der Waals surface area contributed by atoms with Crippen LogP contribution in [0.3, 0.4) is 0 Å². The molecule has 0 aromatic heterocycles. The quantitative estimate of drug-likeness (QED) is 0.644. The molecule has 0 saturated carbocycles. The maximum Gasteiger partial charge on any atom is 0.238 e. The molecule has 0 fully saturated rings. The van der Waals surface area contributed by atoms with E-state index in [0.29, 0.717) is 17.3 Å². The van der Waals surface area contributed by atoms with Gasteiger partial charge in [-0.25, -0.2) is 0 Å². The number of amides is 2. The highest BCUT2D eigenvalue weighted by molar-refractivity contribution is 7.98. The first-order chi connectivity index (χ1) is 12.9. The molecule has 0 aliphatic heterocycles. The highest BCUT2D eigenvalue weighted by atomic mass is 35.5. The summed E-state index contributed by atoms with van der Waals surface area (Å²) in [6.45, 7) is 4.67. The lowest BCUT2D eigenvalue weighted by atomic mass is 10.2. The van der Waals surface area contributed by atoms with E-state index in [1.807, 2.05) is 50.4 Å². The van der Waals surface area contributed by atoms with E-state index in [9.17, 15) is 9.59 Å². The number of hydrogen-bond acceptors (Lipinski definition) is 4. The molecule has 2 N–H and O–H groups in total. The molecular weight excluding hydrogens is 382 g/mol. The summed E-state index contributed by atoms with van der Waals surface area (Å²) in [5.74, 6) is -0.329. The van der Waals surface area contributed by atoms with Gasteiger partial charge in [0.05, 0.1) is 18.8 Å². The molecule has 0 heterocycles.